The minimum Gasteiger partial charge on any atom is -0.369 e. The van der Waals surface area contributed by atoms with Crippen molar-refractivity contribution in [2.45, 2.75) is 26.3 Å². The summed E-state index contributed by atoms with van der Waals surface area (Å²) in [5.74, 6) is 0. The quantitative estimate of drug-likeness (QED) is 0.802. The van der Waals surface area contributed by atoms with Crippen molar-refractivity contribution in [1.82, 2.24) is 9.88 Å². The second-order valence-electron chi connectivity index (χ2n) is 5.02. The van der Waals surface area contributed by atoms with Crippen LogP contribution in [0.25, 0.3) is 0 Å². The summed E-state index contributed by atoms with van der Waals surface area (Å²) in [6.07, 6.45) is 3.08. The molecule has 0 aliphatic rings. The molecule has 4 heteroatoms. The Balaban J connectivity index is 2.72. The molecule has 2 N–H and O–H groups in total. The summed E-state index contributed by atoms with van der Waals surface area (Å²) in [6, 6.07) is 4.15. The summed E-state index contributed by atoms with van der Waals surface area (Å²) < 4.78 is 0. The van der Waals surface area contributed by atoms with Gasteiger partial charge >= 0.3 is 0 Å². The maximum Gasteiger partial charge on any atom is 0.0569 e. The Kier molecular flexibility index (Phi) is 6.09. The first kappa shape index (κ1) is 14.9. The summed E-state index contributed by atoms with van der Waals surface area (Å²) in [4.78, 5) is 9.00. The van der Waals surface area contributed by atoms with Gasteiger partial charge in [0.15, 0.2) is 0 Å². The van der Waals surface area contributed by atoms with Gasteiger partial charge in [-0.2, -0.15) is 0 Å². The van der Waals surface area contributed by atoms with Crippen molar-refractivity contribution in [3.8, 4) is 0 Å². The second kappa shape index (κ2) is 7.34. The van der Waals surface area contributed by atoms with Gasteiger partial charge in [0.05, 0.1) is 17.6 Å². The smallest absolute Gasteiger partial charge is 0.0569 e. The minimum absolute atomic E-state index is 0.000417. The summed E-state index contributed by atoms with van der Waals surface area (Å²) in [5, 5.41) is 0. The predicted molar refractivity (Wildman–Crippen MR) is 77.9 cm³/mol. The van der Waals surface area contributed by atoms with Gasteiger partial charge in [0.1, 0.15) is 0 Å². The predicted octanol–water partition coefficient (Wildman–Crippen LogP) is 1.88. The first-order valence-electron chi connectivity index (χ1n) is 6.65. The molecular formula is C14H26N4. The normalized spacial score (nSPS) is 12.8. The van der Waals surface area contributed by atoms with E-state index in [0.717, 1.165) is 31.7 Å². The minimum atomic E-state index is 0.000417. The number of likely N-dealkylation sites (N-methyl/N-ethyl adjacent to an activating group) is 1. The molecule has 0 aromatic carbocycles. The molecule has 0 aliphatic carbocycles. The number of pyridine rings is 1. The van der Waals surface area contributed by atoms with Crippen LogP contribution in [0.5, 0.6) is 0 Å². The fourth-order valence-electron chi connectivity index (χ4n) is 1.81. The van der Waals surface area contributed by atoms with E-state index in [-0.39, 0.29) is 6.04 Å². The van der Waals surface area contributed by atoms with Gasteiger partial charge < -0.3 is 15.5 Å². The van der Waals surface area contributed by atoms with Crippen LogP contribution in [0, 0.1) is 0 Å². The number of aromatic nitrogens is 1. The number of nitrogens with two attached hydrogens (primary N) is 1. The lowest BCUT2D eigenvalue weighted by Gasteiger charge is -2.26. The van der Waals surface area contributed by atoms with Gasteiger partial charge in [0.25, 0.3) is 0 Å². The van der Waals surface area contributed by atoms with Gasteiger partial charge in [-0.15, -0.1) is 0 Å². The summed E-state index contributed by atoms with van der Waals surface area (Å²) in [7, 11) is 4.20. The van der Waals surface area contributed by atoms with Crippen molar-refractivity contribution in [2.24, 2.45) is 5.73 Å². The van der Waals surface area contributed by atoms with E-state index in [9.17, 15) is 0 Å². The summed E-state index contributed by atoms with van der Waals surface area (Å²) in [5.41, 5.74) is 7.94. The second-order valence-corrected chi connectivity index (χ2v) is 5.02. The van der Waals surface area contributed by atoms with Crippen LogP contribution in [-0.2, 0) is 0 Å². The van der Waals surface area contributed by atoms with Crippen LogP contribution in [0.1, 0.15) is 32.0 Å². The van der Waals surface area contributed by atoms with Crippen molar-refractivity contribution < 1.29 is 0 Å². The molecule has 1 aromatic heterocycles. The number of rotatable bonds is 7. The Labute approximate surface area is 111 Å². The Morgan fingerprint density at radius 1 is 1.22 bits per heavy atom. The Bertz CT molecular complexity index is 332. The lowest BCUT2D eigenvalue weighted by Crippen LogP contribution is -2.32. The fourth-order valence-corrected chi connectivity index (χ4v) is 1.81. The summed E-state index contributed by atoms with van der Waals surface area (Å²) >= 11 is 0. The van der Waals surface area contributed by atoms with Gasteiger partial charge in [-0.1, -0.05) is 6.92 Å². The van der Waals surface area contributed by atoms with E-state index in [1.165, 1.54) is 5.69 Å². The molecule has 0 bridgehead atoms. The van der Waals surface area contributed by atoms with E-state index in [1.54, 1.807) is 0 Å². The highest BCUT2D eigenvalue weighted by molar-refractivity contribution is 5.44. The van der Waals surface area contributed by atoms with Crippen LogP contribution < -0.4 is 10.6 Å². The summed E-state index contributed by atoms with van der Waals surface area (Å²) in [6.45, 7) is 7.30. The van der Waals surface area contributed by atoms with Gasteiger partial charge in [0, 0.05) is 25.7 Å². The lowest BCUT2D eigenvalue weighted by molar-refractivity contribution is 0.413. The molecule has 18 heavy (non-hydrogen) atoms. The monoisotopic (exact) mass is 250 g/mol. The van der Waals surface area contributed by atoms with Crippen molar-refractivity contribution in [2.75, 3.05) is 38.6 Å². The van der Waals surface area contributed by atoms with E-state index >= 15 is 0 Å². The molecule has 1 atom stereocenters. The van der Waals surface area contributed by atoms with E-state index < -0.39 is 0 Å². The molecule has 0 aliphatic heterocycles. The molecule has 1 aromatic rings. The molecule has 0 radical (unpaired) electrons. The molecular weight excluding hydrogens is 224 g/mol. The number of hydrogen-bond acceptors (Lipinski definition) is 4. The zero-order valence-electron chi connectivity index (χ0n) is 12.1. The van der Waals surface area contributed by atoms with Crippen LogP contribution in [0.4, 0.5) is 5.69 Å². The molecule has 4 nitrogen and oxygen atoms in total. The van der Waals surface area contributed by atoms with Crippen molar-refractivity contribution >= 4 is 5.69 Å². The molecule has 0 amide bonds. The van der Waals surface area contributed by atoms with Gasteiger partial charge in [-0.3, -0.25) is 4.98 Å². The molecule has 0 spiro atoms. The third-order valence-electron chi connectivity index (χ3n) is 2.91. The zero-order valence-corrected chi connectivity index (χ0v) is 12.1. The van der Waals surface area contributed by atoms with Crippen molar-refractivity contribution in [1.29, 1.82) is 0 Å². The Hall–Kier alpha value is -1.13. The van der Waals surface area contributed by atoms with Crippen LogP contribution in [0.3, 0.4) is 0 Å². The largest absolute Gasteiger partial charge is 0.369 e. The molecule has 1 rings (SSSR count). The van der Waals surface area contributed by atoms with Crippen LogP contribution in [-0.4, -0.2) is 43.6 Å². The third kappa shape index (κ3) is 4.63. The van der Waals surface area contributed by atoms with E-state index in [1.807, 2.05) is 19.2 Å². The first-order valence-corrected chi connectivity index (χ1v) is 6.65. The van der Waals surface area contributed by atoms with Gasteiger partial charge in [0.2, 0.25) is 0 Å². The van der Waals surface area contributed by atoms with Crippen molar-refractivity contribution in [3.63, 3.8) is 0 Å². The molecule has 0 saturated heterocycles. The lowest BCUT2D eigenvalue weighted by atomic mass is 10.2. The molecule has 0 saturated carbocycles. The van der Waals surface area contributed by atoms with Crippen molar-refractivity contribution in [3.05, 3.63) is 24.0 Å². The molecule has 0 unspecified atom stereocenters. The van der Waals surface area contributed by atoms with Gasteiger partial charge in [-0.05, 0) is 39.6 Å². The van der Waals surface area contributed by atoms with Gasteiger partial charge in [-0.25, -0.2) is 0 Å². The molecule has 1 heterocycles. The number of anilines is 1. The van der Waals surface area contributed by atoms with Crippen LogP contribution in [0.2, 0.25) is 0 Å². The number of hydrogen-bond donors (Lipinski definition) is 1. The average molecular weight is 250 g/mol. The highest BCUT2D eigenvalue weighted by Gasteiger charge is 2.07. The molecule has 102 valence electrons. The highest BCUT2D eigenvalue weighted by atomic mass is 15.2. The van der Waals surface area contributed by atoms with Crippen LogP contribution >= 0.6 is 0 Å². The SMILES string of the molecule is CCCN(CCN(C)C)c1ccc([C@@H](C)N)nc1. The van der Waals surface area contributed by atoms with Crippen LogP contribution in [0.15, 0.2) is 18.3 Å². The first-order chi connectivity index (χ1) is 8.54. The molecule has 0 fully saturated rings. The third-order valence-corrected chi connectivity index (χ3v) is 2.91. The topological polar surface area (TPSA) is 45.4 Å². The fraction of sp³-hybridized carbons (Fsp3) is 0.643. The standard InChI is InChI=1S/C14H26N4/c1-5-8-18(10-9-17(3)4)13-6-7-14(12(2)15)16-11-13/h6-7,11-12H,5,8-10,15H2,1-4H3/t12-/m1/s1. The average Bonchev–Trinajstić information content (AvgIpc) is 2.34. The zero-order chi connectivity index (χ0) is 13.5. The Morgan fingerprint density at radius 2 is 1.94 bits per heavy atom. The number of nitrogens with zero attached hydrogens (tertiary/aromatic N) is 3. The maximum atomic E-state index is 5.81. The maximum absolute atomic E-state index is 5.81. The van der Waals surface area contributed by atoms with E-state index in [2.05, 4.69) is 41.9 Å². The highest BCUT2D eigenvalue weighted by Crippen LogP contribution is 2.15. The van der Waals surface area contributed by atoms with E-state index in [4.69, 9.17) is 5.73 Å². The Morgan fingerprint density at radius 3 is 2.39 bits per heavy atom. The van der Waals surface area contributed by atoms with E-state index in [0.29, 0.717) is 0 Å².